The smallest absolute Gasteiger partial charge is 0.333 e. The van der Waals surface area contributed by atoms with Gasteiger partial charge in [-0.15, -0.1) is 0 Å². The summed E-state index contributed by atoms with van der Waals surface area (Å²) in [6, 6.07) is 64.6. The van der Waals surface area contributed by atoms with Crippen LogP contribution in [-0.2, 0) is 16.2 Å². The zero-order valence-corrected chi connectivity index (χ0v) is 39.5. The molecule has 15 rings (SSSR count). The Bertz CT molecular complexity index is 4060. The lowest BCUT2D eigenvalue weighted by Crippen LogP contribution is -2.60. The van der Waals surface area contributed by atoms with E-state index in [1.54, 1.807) is 0 Å². The SMILES string of the molecule is CC(C)(C)c1ccc2c(c1)c1c3c(oc4ccccc43)c3c4c1n2-c1cc2c(cc1B4N(c1ccc(-c4ccccc4)cc1)c1cc4c(cc1-3)-c1ccccc1C4(C)C)C(C)(C)c1ccccc1-2. The molecule has 0 spiro atoms. The number of nitrogens with zero attached hydrogens (tertiary/aromatic N) is 2. The number of aromatic nitrogens is 1. The highest BCUT2D eigenvalue weighted by Crippen LogP contribution is 2.57. The maximum absolute atomic E-state index is 7.39. The Kier molecular flexibility index (Phi) is 7.20. The molecule has 4 heterocycles. The molecule has 2 aliphatic heterocycles. The van der Waals surface area contributed by atoms with Crippen molar-refractivity contribution in [3.8, 4) is 50.2 Å². The van der Waals surface area contributed by atoms with Crippen LogP contribution in [0.1, 0.15) is 76.3 Å². The zero-order valence-electron chi connectivity index (χ0n) is 39.5. The molecule has 324 valence electrons. The van der Waals surface area contributed by atoms with Crippen molar-refractivity contribution in [3.05, 3.63) is 198 Å². The molecule has 9 aromatic carbocycles. The molecule has 4 aliphatic rings. The van der Waals surface area contributed by atoms with Crippen LogP contribution in [0, 0.1) is 0 Å². The topological polar surface area (TPSA) is 21.3 Å². The van der Waals surface area contributed by atoms with Crippen LogP contribution in [0.25, 0.3) is 93.9 Å². The lowest BCUT2D eigenvalue weighted by molar-refractivity contribution is 0.591. The molecule has 0 saturated carbocycles. The molecule has 0 amide bonds. The lowest BCUT2D eigenvalue weighted by Gasteiger charge is -2.43. The second-order valence-electron chi connectivity index (χ2n) is 22.0. The molecule has 2 aliphatic carbocycles. The first-order valence-electron chi connectivity index (χ1n) is 24.4. The van der Waals surface area contributed by atoms with Crippen LogP contribution in [-0.4, -0.2) is 11.4 Å². The summed E-state index contributed by atoms with van der Waals surface area (Å²) in [5.41, 5.74) is 27.2. The second-order valence-corrected chi connectivity index (χ2v) is 22.0. The van der Waals surface area contributed by atoms with Crippen molar-refractivity contribution in [2.24, 2.45) is 0 Å². The molecule has 11 aromatic rings. The van der Waals surface area contributed by atoms with Crippen LogP contribution < -0.4 is 15.7 Å². The number of benzene rings is 9. The normalized spacial score (nSPS) is 15.5. The summed E-state index contributed by atoms with van der Waals surface area (Å²) in [4.78, 5) is 2.71. The van der Waals surface area contributed by atoms with Gasteiger partial charge in [-0.3, -0.25) is 0 Å². The standard InChI is InChI=1S/C64H49BN2O/c1-62(2,3)38-27-30-52-45(31-38)56-57-42-21-13-16-24-55(42)68-61(57)58-46-32-43-40-19-11-14-22-47(40)64(6,7)50(43)35-53(46)67(39-28-25-37(26-29-39)36-17-9-8-10-18-36)65-51-34-49-44(33-54(51)66(52)60(56)59(58)65)41-20-12-15-23-48(41)63(49,4)5/h8-35H,1-7H3. The fraction of sp³-hybridized carbons (Fsp3) is 0.156. The fourth-order valence-electron chi connectivity index (χ4n) is 13.4. The van der Waals surface area contributed by atoms with Crippen LogP contribution in [0.5, 0.6) is 0 Å². The molecule has 0 unspecified atom stereocenters. The molecule has 3 nitrogen and oxygen atoms in total. The van der Waals surface area contributed by atoms with Crippen molar-refractivity contribution in [3.63, 3.8) is 0 Å². The van der Waals surface area contributed by atoms with Gasteiger partial charge in [0.05, 0.1) is 11.0 Å². The van der Waals surface area contributed by atoms with Crippen molar-refractivity contribution in [2.75, 3.05) is 4.81 Å². The molecule has 0 N–H and O–H groups in total. The summed E-state index contributed by atoms with van der Waals surface area (Å²) < 4.78 is 10.0. The van der Waals surface area contributed by atoms with Crippen molar-refractivity contribution < 1.29 is 4.42 Å². The average molecular weight is 873 g/mol. The molecule has 0 saturated heterocycles. The van der Waals surface area contributed by atoms with Gasteiger partial charge in [0, 0.05) is 60.6 Å². The summed E-state index contributed by atoms with van der Waals surface area (Å²) >= 11 is 0. The minimum atomic E-state index is -0.193. The van der Waals surface area contributed by atoms with Crippen LogP contribution >= 0.6 is 0 Å². The quantitative estimate of drug-likeness (QED) is 0.161. The van der Waals surface area contributed by atoms with E-state index < -0.39 is 0 Å². The van der Waals surface area contributed by atoms with Gasteiger partial charge in [0.25, 0.3) is 0 Å². The van der Waals surface area contributed by atoms with Gasteiger partial charge in [0.1, 0.15) is 11.2 Å². The largest absolute Gasteiger partial charge is 0.455 e. The van der Waals surface area contributed by atoms with Gasteiger partial charge in [-0.05, 0) is 126 Å². The molecule has 2 aromatic heterocycles. The van der Waals surface area contributed by atoms with Crippen LogP contribution in [0.3, 0.4) is 0 Å². The summed E-state index contributed by atoms with van der Waals surface area (Å²) in [6.07, 6.45) is 0. The highest BCUT2D eigenvalue weighted by molar-refractivity contribution is 6.94. The van der Waals surface area contributed by atoms with Gasteiger partial charge in [0.15, 0.2) is 0 Å². The van der Waals surface area contributed by atoms with E-state index in [0.717, 1.165) is 16.6 Å². The maximum Gasteiger partial charge on any atom is 0.333 e. The molecular weight excluding hydrogens is 824 g/mol. The highest BCUT2D eigenvalue weighted by atomic mass is 16.3. The van der Waals surface area contributed by atoms with E-state index >= 15 is 0 Å². The van der Waals surface area contributed by atoms with E-state index in [-0.39, 0.29) is 23.1 Å². The number of rotatable bonds is 2. The summed E-state index contributed by atoms with van der Waals surface area (Å²) in [5, 5.41) is 4.91. The third kappa shape index (κ3) is 4.71. The first kappa shape index (κ1) is 38.5. The number of furan rings is 1. The van der Waals surface area contributed by atoms with Crippen molar-refractivity contribution in [1.82, 2.24) is 4.57 Å². The molecular formula is C64H49BN2O. The Morgan fingerprint density at radius 3 is 1.85 bits per heavy atom. The van der Waals surface area contributed by atoms with Crippen molar-refractivity contribution >= 4 is 72.9 Å². The molecule has 4 heteroatoms. The average Bonchev–Trinajstić information content (AvgIpc) is 4.03. The van der Waals surface area contributed by atoms with E-state index in [4.69, 9.17) is 4.42 Å². The van der Waals surface area contributed by atoms with Gasteiger partial charge in [0.2, 0.25) is 0 Å². The minimum Gasteiger partial charge on any atom is -0.455 e. The van der Waals surface area contributed by atoms with Gasteiger partial charge >= 0.3 is 6.85 Å². The molecule has 0 fully saturated rings. The van der Waals surface area contributed by atoms with Crippen LogP contribution in [0.2, 0.25) is 0 Å². The monoisotopic (exact) mass is 872 g/mol. The Morgan fingerprint density at radius 2 is 1.13 bits per heavy atom. The van der Waals surface area contributed by atoms with Gasteiger partial charge < -0.3 is 13.8 Å². The number of hydrogen-bond donors (Lipinski definition) is 0. The Labute approximate surface area is 397 Å². The second kappa shape index (κ2) is 12.7. The van der Waals surface area contributed by atoms with E-state index in [1.807, 2.05) is 0 Å². The van der Waals surface area contributed by atoms with E-state index in [0.29, 0.717) is 0 Å². The predicted molar refractivity (Wildman–Crippen MR) is 286 cm³/mol. The lowest BCUT2D eigenvalue weighted by atomic mass is 9.43. The number of hydrogen-bond acceptors (Lipinski definition) is 2. The molecule has 0 bridgehead atoms. The van der Waals surface area contributed by atoms with E-state index in [2.05, 4.69) is 228 Å². The third-order valence-corrected chi connectivity index (χ3v) is 16.7. The summed E-state index contributed by atoms with van der Waals surface area (Å²) in [5.74, 6) is 0. The number of anilines is 2. The van der Waals surface area contributed by atoms with Crippen molar-refractivity contribution in [1.29, 1.82) is 0 Å². The van der Waals surface area contributed by atoms with Crippen LogP contribution in [0.15, 0.2) is 174 Å². The first-order chi connectivity index (χ1) is 32.9. The third-order valence-electron chi connectivity index (χ3n) is 16.7. The fourth-order valence-corrected chi connectivity index (χ4v) is 13.4. The van der Waals surface area contributed by atoms with Gasteiger partial charge in [-0.1, -0.05) is 170 Å². The molecule has 0 atom stereocenters. The van der Waals surface area contributed by atoms with E-state index in [1.165, 1.54) is 128 Å². The first-order valence-corrected chi connectivity index (χ1v) is 24.4. The van der Waals surface area contributed by atoms with E-state index in [9.17, 15) is 0 Å². The van der Waals surface area contributed by atoms with Gasteiger partial charge in [-0.25, -0.2) is 0 Å². The Hall–Kier alpha value is -7.56. The Balaban J connectivity index is 1.16. The minimum absolute atomic E-state index is 0.0444. The Morgan fingerprint density at radius 1 is 0.500 bits per heavy atom. The maximum atomic E-state index is 7.39. The molecule has 68 heavy (non-hydrogen) atoms. The van der Waals surface area contributed by atoms with Crippen molar-refractivity contribution in [2.45, 2.75) is 64.7 Å². The summed E-state index contributed by atoms with van der Waals surface area (Å²) in [7, 11) is 0. The predicted octanol–water partition coefficient (Wildman–Crippen LogP) is 15.5. The molecule has 0 radical (unpaired) electrons. The number of para-hydroxylation sites is 1. The number of fused-ring (bicyclic) bond motifs is 19. The van der Waals surface area contributed by atoms with Crippen LogP contribution in [0.4, 0.5) is 11.4 Å². The summed E-state index contributed by atoms with van der Waals surface area (Å²) in [6.45, 7) is 16.5. The van der Waals surface area contributed by atoms with Gasteiger partial charge in [-0.2, -0.15) is 0 Å². The highest BCUT2D eigenvalue weighted by Gasteiger charge is 2.49. The zero-order chi connectivity index (χ0) is 45.7.